The average molecular weight is 399 g/mol. The van der Waals surface area contributed by atoms with Crippen LogP contribution < -0.4 is 19.9 Å². The van der Waals surface area contributed by atoms with Crippen LogP contribution in [-0.2, 0) is 4.74 Å². The predicted octanol–water partition coefficient (Wildman–Crippen LogP) is 0.951. The third kappa shape index (κ3) is 5.24. The van der Waals surface area contributed by atoms with Crippen molar-refractivity contribution in [3.63, 3.8) is 0 Å². The van der Waals surface area contributed by atoms with Crippen molar-refractivity contribution in [3.05, 3.63) is 30.5 Å². The molecule has 0 amide bonds. The van der Waals surface area contributed by atoms with Gasteiger partial charge in [0.1, 0.15) is 5.75 Å². The zero-order valence-electron chi connectivity index (χ0n) is 17.0. The minimum Gasteiger partial charge on any atom is -0.497 e. The molecule has 9 nitrogen and oxygen atoms in total. The quantitative estimate of drug-likeness (QED) is 0.732. The molecule has 0 spiro atoms. The topological polar surface area (TPSA) is 78.9 Å². The second-order valence-corrected chi connectivity index (χ2v) is 7.19. The third-order valence-electron chi connectivity index (χ3n) is 5.39. The molecule has 2 fully saturated rings. The van der Waals surface area contributed by atoms with Crippen LogP contribution >= 0.6 is 0 Å². The summed E-state index contributed by atoms with van der Waals surface area (Å²) in [5, 5.41) is 11.8. The van der Waals surface area contributed by atoms with Gasteiger partial charge < -0.3 is 24.6 Å². The van der Waals surface area contributed by atoms with E-state index >= 15 is 0 Å². The van der Waals surface area contributed by atoms with Crippen molar-refractivity contribution in [1.29, 1.82) is 0 Å². The van der Waals surface area contributed by atoms with Crippen molar-refractivity contribution in [3.8, 4) is 5.75 Å². The number of morpholine rings is 1. The molecule has 3 heterocycles. The second kappa shape index (κ2) is 9.71. The van der Waals surface area contributed by atoms with Crippen molar-refractivity contribution in [2.45, 2.75) is 0 Å². The van der Waals surface area contributed by atoms with Crippen LogP contribution in [0.15, 0.2) is 30.5 Å². The van der Waals surface area contributed by atoms with Crippen molar-refractivity contribution < 1.29 is 9.47 Å². The number of benzene rings is 1. The summed E-state index contributed by atoms with van der Waals surface area (Å²) >= 11 is 0. The molecule has 2 saturated heterocycles. The molecule has 0 aliphatic carbocycles. The highest BCUT2D eigenvalue weighted by molar-refractivity contribution is 5.51. The molecule has 9 heteroatoms. The first-order valence-electron chi connectivity index (χ1n) is 10.2. The largest absolute Gasteiger partial charge is 0.497 e. The maximum atomic E-state index is 5.39. The summed E-state index contributed by atoms with van der Waals surface area (Å²) in [7, 11) is 1.69. The Bertz CT molecular complexity index is 760. The minimum absolute atomic E-state index is 0.691. The number of hydrogen-bond donors (Lipinski definition) is 1. The molecular formula is C20H29N7O2. The fourth-order valence-corrected chi connectivity index (χ4v) is 3.64. The van der Waals surface area contributed by atoms with E-state index < -0.39 is 0 Å². The smallest absolute Gasteiger partial charge is 0.247 e. The van der Waals surface area contributed by atoms with E-state index in [4.69, 9.17) is 9.47 Å². The first kappa shape index (κ1) is 19.7. The Balaban J connectivity index is 1.27. The molecule has 0 bridgehead atoms. The van der Waals surface area contributed by atoms with Gasteiger partial charge in [-0.15, -0.1) is 5.10 Å². The molecule has 1 aromatic carbocycles. The van der Waals surface area contributed by atoms with Gasteiger partial charge in [0.25, 0.3) is 0 Å². The monoisotopic (exact) mass is 399 g/mol. The maximum absolute atomic E-state index is 5.39. The molecule has 156 valence electrons. The van der Waals surface area contributed by atoms with Crippen molar-refractivity contribution >= 4 is 17.5 Å². The number of nitrogens with zero attached hydrogens (tertiary/aromatic N) is 6. The molecule has 2 aromatic rings. The SMILES string of the molecule is COc1ccc(N2CCN(c3nncc(NCCN4CCOCC4)n3)CC2)cc1. The molecule has 29 heavy (non-hydrogen) atoms. The zero-order valence-corrected chi connectivity index (χ0v) is 17.0. The summed E-state index contributed by atoms with van der Waals surface area (Å²) < 4.78 is 10.6. The lowest BCUT2D eigenvalue weighted by Crippen LogP contribution is -2.47. The number of nitrogens with one attached hydrogen (secondary N) is 1. The van der Waals surface area contributed by atoms with E-state index in [1.165, 1.54) is 5.69 Å². The van der Waals surface area contributed by atoms with Gasteiger partial charge in [-0.3, -0.25) is 4.90 Å². The van der Waals surface area contributed by atoms with Crippen LogP contribution in [0.4, 0.5) is 17.5 Å². The summed E-state index contributed by atoms with van der Waals surface area (Å²) in [5.74, 6) is 2.35. The molecule has 1 N–H and O–H groups in total. The van der Waals surface area contributed by atoms with Crippen LogP contribution in [0.2, 0.25) is 0 Å². The Hall–Kier alpha value is -2.65. The van der Waals surface area contributed by atoms with Crippen LogP contribution in [0, 0.1) is 0 Å². The lowest BCUT2D eigenvalue weighted by Gasteiger charge is -2.36. The predicted molar refractivity (Wildman–Crippen MR) is 113 cm³/mol. The summed E-state index contributed by atoms with van der Waals surface area (Å²) in [6, 6.07) is 8.21. The van der Waals surface area contributed by atoms with Gasteiger partial charge in [0.05, 0.1) is 26.5 Å². The van der Waals surface area contributed by atoms with Crippen LogP contribution in [0.1, 0.15) is 0 Å². The highest BCUT2D eigenvalue weighted by Gasteiger charge is 2.20. The van der Waals surface area contributed by atoms with Gasteiger partial charge in [-0.25, -0.2) is 0 Å². The Morgan fingerprint density at radius 2 is 1.72 bits per heavy atom. The molecule has 0 radical (unpaired) electrons. The first-order valence-corrected chi connectivity index (χ1v) is 10.2. The highest BCUT2D eigenvalue weighted by atomic mass is 16.5. The van der Waals surface area contributed by atoms with E-state index in [1.807, 2.05) is 12.1 Å². The van der Waals surface area contributed by atoms with Crippen LogP contribution in [0.25, 0.3) is 0 Å². The van der Waals surface area contributed by atoms with E-state index in [2.05, 4.69) is 47.3 Å². The summed E-state index contributed by atoms with van der Waals surface area (Å²) in [4.78, 5) is 11.6. The number of hydrogen-bond acceptors (Lipinski definition) is 9. The summed E-state index contributed by atoms with van der Waals surface area (Å²) in [5.41, 5.74) is 1.21. The Morgan fingerprint density at radius 3 is 2.45 bits per heavy atom. The Kier molecular flexibility index (Phi) is 6.58. The number of methoxy groups -OCH3 is 1. The molecule has 0 saturated carbocycles. The average Bonchev–Trinajstić information content (AvgIpc) is 2.80. The van der Waals surface area contributed by atoms with E-state index in [0.29, 0.717) is 5.95 Å². The van der Waals surface area contributed by atoms with Crippen LogP contribution in [0.3, 0.4) is 0 Å². The molecule has 2 aliphatic heterocycles. The summed E-state index contributed by atoms with van der Waals surface area (Å²) in [6.45, 7) is 9.02. The zero-order chi connectivity index (χ0) is 19.9. The van der Waals surface area contributed by atoms with Gasteiger partial charge in [-0.2, -0.15) is 10.1 Å². The molecule has 2 aliphatic rings. The number of piperazine rings is 1. The number of ether oxygens (including phenoxy) is 2. The van der Waals surface area contributed by atoms with E-state index in [0.717, 1.165) is 77.1 Å². The number of rotatable bonds is 7. The molecular weight excluding hydrogens is 370 g/mol. The van der Waals surface area contributed by atoms with Crippen molar-refractivity contribution in [2.24, 2.45) is 0 Å². The van der Waals surface area contributed by atoms with E-state index in [9.17, 15) is 0 Å². The maximum Gasteiger partial charge on any atom is 0.247 e. The standard InChI is InChI=1S/C20H29N7O2/c1-28-18-4-2-17(3-5-18)26-8-10-27(11-9-26)20-23-19(16-22-24-20)21-6-7-25-12-14-29-15-13-25/h2-5,16H,6-15H2,1H3,(H,21,23,24). The Labute approximate surface area is 171 Å². The lowest BCUT2D eigenvalue weighted by molar-refractivity contribution is 0.0398. The Morgan fingerprint density at radius 1 is 1.00 bits per heavy atom. The van der Waals surface area contributed by atoms with Crippen molar-refractivity contribution in [2.75, 3.05) is 87.8 Å². The van der Waals surface area contributed by atoms with Gasteiger partial charge in [0.15, 0.2) is 5.82 Å². The highest BCUT2D eigenvalue weighted by Crippen LogP contribution is 2.21. The molecule has 1 aromatic heterocycles. The van der Waals surface area contributed by atoms with Crippen LogP contribution in [0.5, 0.6) is 5.75 Å². The first-order chi connectivity index (χ1) is 14.3. The van der Waals surface area contributed by atoms with Gasteiger partial charge >= 0.3 is 0 Å². The lowest BCUT2D eigenvalue weighted by atomic mass is 10.2. The normalized spacial score (nSPS) is 18.0. The van der Waals surface area contributed by atoms with Gasteiger partial charge in [-0.1, -0.05) is 0 Å². The minimum atomic E-state index is 0.691. The van der Waals surface area contributed by atoms with Gasteiger partial charge in [0.2, 0.25) is 5.95 Å². The number of aromatic nitrogens is 3. The second-order valence-electron chi connectivity index (χ2n) is 7.19. The third-order valence-corrected chi connectivity index (χ3v) is 5.39. The van der Waals surface area contributed by atoms with Gasteiger partial charge in [-0.05, 0) is 24.3 Å². The molecule has 0 atom stereocenters. The van der Waals surface area contributed by atoms with E-state index in [1.54, 1.807) is 13.3 Å². The molecule has 0 unspecified atom stereocenters. The van der Waals surface area contributed by atoms with Gasteiger partial charge in [0, 0.05) is 58.0 Å². The fourth-order valence-electron chi connectivity index (χ4n) is 3.64. The molecule has 4 rings (SSSR count). The van der Waals surface area contributed by atoms with Crippen LogP contribution in [-0.4, -0.2) is 92.8 Å². The van der Waals surface area contributed by atoms with Crippen molar-refractivity contribution in [1.82, 2.24) is 20.1 Å². The fraction of sp³-hybridized carbons (Fsp3) is 0.550. The number of anilines is 3. The van der Waals surface area contributed by atoms with E-state index in [-0.39, 0.29) is 0 Å². The summed E-state index contributed by atoms with van der Waals surface area (Å²) in [6.07, 6.45) is 1.69.